The van der Waals surface area contributed by atoms with Crippen LogP contribution in [0.1, 0.15) is 20.8 Å². The van der Waals surface area contributed by atoms with Gasteiger partial charge in [-0.15, -0.1) is 12.4 Å². The van der Waals surface area contributed by atoms with E-state index in [9.17, 15) is 0 Å². The van der Waals surface area contributed by atoms with Gasteiger partial charge in [-0.1, -0.05) is 26.0 Å². The summed E-state index contributed by atoms with van der Waals surface area (Å²) in [5.41, 5.74) is 0. The van der Waals surface area contributed by atoms with Gasteiger partial charge in [0.25, 0.3) is 5.90 Å². The lowest BCUT2D eigenvalue weighted by Crippen LogP contribution is -2.38. The third-order valence-corrected chi connectivity index (χ3v) is 3.62. The quantitative estimate of drug-likeness (QED) is 0.309. The molecule has 0 N–H and O–H groups in total. The standard InChI is InChI=1S/C17H26N2O4.ClH/c1-4-19(5-2)11-12-22-18-17(20-6-3)16-13-21-14-9-7-8-10-15(14)23-16;/h7-10,16H,4-6,11-13H2,1-3H3;1H/b18-17+;. The fourth-order valence-corrected chi connectivity index (χ4v) is 2.29. The monoisotopic (exact) mass is 358 g/mol. The second kappa shape index (κ2) is 11.0. The maximum Gasteiger partial charge on any atom is 0.270 e. The zero-order chi connectivity index (χ0) is 16.5. The summed E-state index contributed by atoms with van der Waals surface area (Å²) in [5, 5.41) is 4.11. The van der Waals surface area contributed by atoms with Gasteiger partial charge in [0.05, 0.1) is 6.61 Å². The summed E-state index contributed by atoms with van der Waals surface area (Å²) >= 11 is 0. The molecule has 1 heterocycles. The Kier molecular flexibility index (Phi) is 9.34. The third kappa shape index (κ3) is 5.76. The van der Waals surface area contributed by atoms with E-state index >= 15 is 0 Å². The van der Waals surface area contributed by atoms with Gasteiger partial charge >= 0.3 is 0 Å². The molecule has 2 rings (SSSR count). The van der Waals surface area contributed by atoms with Crippen LogP contribution in [0, 0.1) is 0 Å². The van der Waals surface area contributed by atoms with E-state index in [0.29, 0.717) is 31.5 Å². The van der Waals surface area contributed by atoms with Crippen LogP contribution in [0.15, 0.2) is 29.4 Å². The van der Waals surface area contributed by atoms with Gasteiger partial charge in [0.2, 0.25) is 6.10 Å². The molecule has 1 aromatic carbocycles. The number of oxime groups is 1. The molecular formula is C17H27ClN2O4. The molecule has 0 saturated carbocycles. The van der Waals surface area contributed by atoms with Crippen LogP contribution in [-0.4, -0.2) is 56.4 Å². The molecule has 1 unspecified atom stereocenters. The van der Waals surface area contributed by atoms with Crippen LogP contribution in [0.25, 0.3) is 0 Å². The first-order valence-electron chi connectivity index (χ1n) is 8.21. The minimum absolute atomic E-state index is 0. The molecule has 0 spiro atoms. The van der Waals surface area contributed by atoms with Crippen LogP contribution in [-0.2, 0) is 9.57 Å². The van der Waals surface area contributed by atoms with Gasteiger partial charge in [-0.2, -0.15) is 0 Å². The molecule has 0 saturated heterocycles. The summed E-state index contributed by atoms with van der Waals surface area (Å²) in [6, 6.07) is 7.56. The molecule has 1 aliphatic heterocycles. The van der Waals surface area contributed by atoms with Crippen molar-refractivity contribution in [1.29, 1.82) is 0 Å². The second-order valence-corrected chi connectivity index (χ2v) is 5.09. The van der Waals surface area contributed by atoms with E-state index < -0.39 is 6.10 Å². The van der Waals surface area contributed by atoms with E-state index in [1.54, 1.807) is 0 Å². The molecule has 0 radical (unpaired) electrons. The smallest absolute Gasteiger partial charge is 0.270 e. The molecule has 24 heavy (non-hydrogen) atoms. The number of ether oxygens (including phenoxy) is 3. The number of hydrogen-bond donors (Lipinski definition) is 0. The highest BCUT2D eigenvalue weighted by Crippen LogP contribution is 2.31. The van der Waals surface area contributed by atoms with Crippen molar-refractivity contribution < 1.29 is 19.0 Å². The lowest BCUT2D eigenvalue weighted by molar-refractivity contribution is 0.0807. The number of likely N-dealkylation sites (N-methyl/N-ethyl adjacent to an activating group) is 1. The van der Waals surface area contributed by atoms with Crippen LogP contribution in [0.2, 0.25) is 0 Å². The fourth-order valence-electron chi connectivity index (χ4n) is 2.29. The van der Waals surface area contributed by atoms with Crippen molar-refractivity contribution in [2.75, 3.05) is 39.5 Å². The third-order valence-electron chi connectivity index (χ3n) is 3.62. The van der Waals surface area contributed by atoms with E-state index in [1.807, 2.05) is 31.2 Å². The van der Waals surface area contributed by atoms with E-state index in [4.69, 9.17) is 19.0 Å². The van der Waals surface area contributed by atoms with Gasteiger partial charge in [0.1, 0.15) is 13.2 Å². The van der Waals surface area contributed by atoms with E-state index in [-0.39, 0.29) is 12.4 Å². The van der Waals surface area contributed by atoms with E-state index in [1.165, 1.54) is 0 Å². The van der Waals surface area contributed by atoms with Gasteiger partial charge in [0, 0.05) is 6.54 Å². The Balaban J connectivity index is 0.00000288. The average molecular weight is 359 g/mol. The molecule has 0 aromatic heterocycles. The normalized spacial score (nSPS) is 16.5. The predicted octanol–water partition coefficient (Wildman–Crippen LogP) is 2.96. The summed E-state index contributed by atoms with van der Waals surface area (Å²) in [5.74, 6) is 1.85. The Morgan fingerprint density at radius 1 is 1.21 bits per heavy atom. The van der Waals surface area contributed by atoms with Crippen LogP contribution < -0.4 is 9.47 Å². The van der Waals surface area contributed by atoms with Gasteiger partial charge in [-0.3, -0.25) is 0 Å². The number of fused-ring (bicyclic) bond motifs is 1. The lowest BCUT2D eigenvalue weighted by Gasteiger charge is -2.26. The number of benzene rings is 1. The molecule has 0 bridgehead atoms. The zero-order valence-electron chi connectivity index (χ0n) is 14.6. The summed E-state index contributed by atoms with van der Waals surface area (Å²) in [6.45, 7) is 10.4. The Hall–Kier alpha value is -1.66. The maximum absolute atomic E-state index is 5.90. The molecule has 0 fully saturated rings. The summed E-state index contributed by atoms with van der Waals surface area (Å²) in [7, 11) is 0. The Bertz CT molecular complexity index is 509. The molecule has 1 aliphatic rings. The Morgan fingerprint density at radius 2 is 1.92 bits per heavy atom. The zero-order valence-corrected chi connectivity index (χ0v) is 15.4. The number of halogens is 1. The topological polar surface area (TPSA) is 52.5 Å². The van der Waals surface area contributed by atoms with E-state index in [2.05, 4.69) is 23.9 Å². The first kappa shape index (κ1) is 20.4. The van der Waals surface area contributed by atoms with Crippen LogP contribution in [0.3, 0.4) is 0 Å². The molecule has 6 nitrogen and oxygen atoms in total. The van der Waals surface area contributed by atoms with Crippen molar-refractivity contribution in [3.8, 4) is 11.5 Å². The average Bonchev–Trinajstić information content (AvgIpc) is 2.60. The highest BCUT2D eigenvalue weighted by Gasteiger charge is 2.27. The molecule has 136 valence electrons. The van der Waals surface area contributed by atoms with Gasteiger partial charge in [0.15, 0.2) is 11.5 Å². The Morgan fingerprint density at radius 3 is 2.58 bits per heavy atom. The minimum Gasteiger partial charge on any atom is -0.485 e. The second-order valence-electron chi connectivity index (χ2n) is 5.09. The lowest BCUT2D eigenvalue weighted by atomic mass is 10.2. The number of rotatable bonds is 8. The summed E-state index contributed by atoms with van der Waals surface area (Å²) in [4.78, 5) is 7.68. The molecule has 0 aliphatic carbocycles. The summed E-state index contributed by atoms with van der Waals surface area (Å²) in [6.07, 6.45) is -0.390. The van der Waals surface area contributed by atoms with Crippen molar-refractivity contribution in [2.45, 2.75) is 26.9 Å². The maximum atomic E-state index is 5.90. The number of hydrogen-bond acceptors (Lipinski definition) is 6. The molecule has 0 amide bonds. The van der Waals surface area contributed by atoms with Crippen molar-refractivity contribution >= 4 is 18.3 Å². The van der Waals surface area contributed by atoms with Gasteiger partial charge in [-0.05, 0) is 37.3 Å². The molecule has 1 atom stereocenters. The predicted molar refractivity (Wildman–Crippen MR) is 96.4 cm³/mol. The first-order chi connectivity index (χ1) is 11.3. The Labute approximate surface area is 150 Å². The fraction of sp³-hybridized carbons (Fsp3) is 0.588. The first-order valence-corrected chi connectivity index (χ1v) is 8.21. The van der Waals surface area contributed by atoms with Crippen LogP contribution in [0.4, 0.5) is 0 Å². The highest BCUT2D eigenvalue weighted by atomic mass is 35.5. The van der Waals surface area contributed by atoms with Crippen molar-refractivity contribution in [1.82, 2.24) is 4.90 Å². The highest BCUT2D eigenvalue weighted by molar-refractivity contribution is 5.85. The van der Waals surface area contributed by atoms with Crippen LogP contribution in [0.5, 0.6) is 11.5 Å². The largest absolute Gasteiger partial charge is 0.485 e. The molecule has 7 heteroatoms. The van der Waals surface area contributed by atoms with E-state index in [0.717, 1.165) is 25.4 Å². The summed E-state index contributed by atoms with van der Waals surface area (Å²) < 4.78 is 17.2. The van der Waals surface area contributed by atoms with Crippen LogP contribution >= 0.6 is 12.4 Å². The molecular weight excluding hydrogens is 332 g/mol. The van der Waals surface area contributed by atoms with Crippen molar-refractivity contribution in [3.63, 3.8) is 0 Å². The minimum atomic E-state index is -0.390. The molecule has 1 aromatic rings. The van der Waals surface area contributed by atoms with Crippen molar-refractivity contribution in [2.24, 2.45) is 5.16 Å². The van der Waals surface area contributed by atoms with Gasteiger partial charge in [-0.25, -0.2) is 0 Å². The number of nitrogens with zero attached hydrogens (tertiary/aromatic N) is 2. The van der Waals surface area contributed by atoms with Gasteiger partial charge < -0.3 is 23.9 Å². The SMILES string of the molecule is CCO/C(=N/OCCN(CC)CC)C1COc2ccccc2O1.Cl. The number of para-hydroxylation sites is 2. The van der Waals surface area contributed by atoms with Crippen molar-refractivity contribution in [3.05, 3.63) is 24.3 Å².